The predicted octanol–water partition coefficient (Wildman–Crippen LogP) is 3.99. The van der Waals surface area contributed by atoms with Gasteiger partial charge in [-0.25, -0.2) is 0 Å². The lowest BCUT2D eigenvalue weighted by molar-refractivity contribution is -0.385. The first-order valence-electron chi connectivity index (χ1n) is 6.80. The summed E-state index contributed by atoms with van der Waals surface area (Å²) < 4.78 is 6.06. The van der Waals surface area contributed by atoms with Gasteiger partial charge in [0.25, 0.3) is 5.91 Å². The molecule has 2 aromatic carbocycles. The number of nitro groups is 1. The summed E-state index contributed by atoms with van der Waals surface area (Å²) in [6.45, 7) is 3.42. The van der Waals surface area contributed by atoms with Crippen LogP contribution in [-0.2, 0) is 4.79 Å². The molecule has 0 atom stereocenters. The van der Waals surface area contributed by atoms with E-state index in [1.165, 1.54) is 12.1 Å². The molecule has 0 unspecified atom stereocenters. The van der Waals surface area contributed by atoms with E-state index < -0.39 is 10.8 Å². The van der Waals surface area contributed by atoms with Crippen molar-refractivity contribution in [2.45, 2.75) is 13.8 Å². The Morgan fingerprint density at radius 3 is 2.52 bits per heavy atom. The Morgan fingerprint density at radius 2 is 1.87 bits per heavy atom. The van der Waals surface area contributed by atoms with Crippen LogP contribution in [0.2, 0.25) is 0 Å². The van der Waals surface area contributed by atoms with Crippen molar-refractivity contribution in [3.8, 4) is 5.75 Å². The molecule has 0 saturated heterocycles. The van der Waals surface area contributed by atoms with Gasteiger partial charge in [0, 0.05) is 10.5 Å². The summed E-state index contributed by atoms with van der Waals surface area (Å²) in [7, 11) is 0. The number of amides is 1. The standard InChI is InChI=1S/C16H15BrN2O4/c1-10-3-5-13(12(17)7-10)18-16(20)9-23-15-8-11(2)4-6-14(15)19(21)22/h3-8H,9H2,1-2H3,(H,18,20). The molecule has 0 heterocycles. The molecule has 1 N–H and O–H groups in total. The number of nitrogens with zero attached hydrogens (tertiary/aromatic N) is 1. The molecule has 23 heavy (non-hydrogen) atoms. The molecule has 0 radical (unpaired) electrons. The molecule has 0 aliphatic carbocycles. The summed E-state index contributed by atoms with van der Waals surface area (Å²) in [5, 5.41) is 13.7. The lowest BCUT2D eigenvalue weighted by Crippen LogP contribution is -2.20. The smallest absolute Gasteiger partial charge is 0.310 e. The summed E-state index contributed by atoms with van der Waals surface area (Å²) in [6, 6.07) is 10.0. The van der Waals surface area contributed by atoms with Gasteiger partial charge in [-0.3, -0.25) is 14.9 Å². The minimum Gasteiger partial charge on any atom is -0.477 e. The van der Waals surface area contributed by atoms with Crippen LogP contribution in [0.25, 0.3) is 0 Å². The number of rotatable bonds is 5. The third kappa shape index (κ3) is 4.53. The monoisotopic (exact) mass is 378 g/mol. The Kier molecular flexibility index (Phi) is 5.33. The Balaban J connectivity index is 2.05. The van der Waals surface area contributed by atoms with Gasteiger partial charge >= 0.3 is 5.69 Å². The summed E-state index contributed by atoms with van der Waals surface area (Å²) >= 11 is 3.37. The van der Waals surface area contributed by atoms with Crippen LogP contribution in [-0.4, -0.2) is 17.4 Å². The fourth-order valence-corrected chi connectivity index (χ4v) is 2.53. The largest absolute Gasteiger partial charge is 0.477 e. The average molecular weight is 379 g/mol. The van der Waals surface area contributed by atoms with Gasteiger partial charge in [0.2, 0.25) is 0 Å². The van der Waals surface area contributed by atoms with Crippen LogP contribution in [0, 0.1) is 24.0 Å². The van der Waals surface area contributed by atoms with E-state index in [-0.39, 0.29) is 18.0 Å². The van der Waals surface area contributed by atoms with Crippen LogP contribution in [0.15, 0.2) is 40.9 Å². The molecule has 0 aliphatic heterocycles. The zero-order chi connectivity index (χ0) is 17.0. The minimum absolute atomic E-state index is 0.0770. The molecule has 6 nitrogen and oxygen atoms in total. The van der Waals surface area contributed by atoms with E-state index in [9.17, 15) is 14.9 Å². The van der Waals surface area contributed by atoms with Crippen molar-refractivity contribution in [2.24, 2.45) is 0 Å². The van der Waals surface area contributed by atoms with E-state index in [0.29, 0.717) is 5.69 Å². The van der Waals surface area contributed by atoms with E-state index in [4.69, 9.17) is 4.74 Å². The lowest BCUT2D eigenvalue weighted by atomic mass is 10.2. The first-order chi connectivity index (χ1) is 10.9. The van der Waals surface area contributed by atoms with E-state index in [0.717, 1.165) is 15.6 Å². The molecule has 0 aromatic heterocycles. The minimum atomic E-state index is -0.538. The lowest BCUT2D eigenvalue weighted by Gasteiger charge is -2.10. The van der Waals surface area contributed by atoms with Crippen LogP contribution < -0.4 is 10.1 Å². The number of hydrogen-bond donors (Lipinski definition) is 1. The number of hydrogen-bond acceptors (Lipinski definition) is 4. The number of nitrogens with one attached hydrogen (secondary N) is 1. The highest BCUT2D eigenvalue weighted by Gasteiger charge is 2.16. The van der Waals surface area contributed by atoms with Gasteiger partial charge in [-0.2, -0.15) is 0 Å². The van der Waals surface area contributed by atoms with Gasteiger partial charge in [-0.05, 0) is 59.1 Å². The maximum Gasteiger partial charge on any atom is 0.310 e. The second-order valence-electron chi connectivity index (χ2n) is 5.05. The van der Waals surface area contributed by atoms with Gasteiger partial charge in [0.1, 0.15) is 0 Å². The highest BCUT2D eigenvalue weighted by molar-refractivity contribution is 9.10. The van der Waals surface area contributed by atoms with Gasteiger partial charge < -0.3 is 10.1 Å². The molecule has 0 fully saturated rings. The molecule has 0 spiro atoms. The molecule has 0 aliphatic rings. The van der Waals surface area contributed by atoms with Crippen LogP contribution in [0.1, 0.15) is 11.1 Å². The molecular formula is C16H15BrN2O4. The SMILES string of the molecule is Cc1ccc(NC(=O)COc2cc(C)ccc2[N+](=O)[O-])c(Br)c1. The maximum absolute atomic E-state index is 12.0. The number of carbonyl (C=O) groups excluding carboxylic acids is 1. The van der Waals surface area contributed by atoms with Crippen molar-refractivity contribution in [1.82, 2.24) is 0 Å². The summed E-state index contributed by atoms with van der Waals surface area (Å²) in [5.74, 6) is -0.321. The molecule has 120 valence electrons. The number of aryl methyl sites for hydroxylation is 2. The number of nitro benzene ring substituents is 1. The highest BCUT2D eigenvalue weighted by atomic mass is 79.9. The average Bonchev–Trinajstić information content (AvgIpc) is 2.48. The number of benzene rings is 2. The molecule has 2 aromatic rings. The van der Waals surface area contributed by atoms with Crippen LogP contribution >= 0.6 is 15.9 Å². The summed E-state index contributed by atoms with van der Waals surface area (Å²) in [5.41, 5.74) is 2.32. The van der Waals surface area contributed by atoms with Gasteiger partial charge in [-0.15, -0.1) is 0 Å². The highest BCUT2D eigenvalue weighted by Crippen LogP contribution is 2.28. The zero-order valence-corrected chi connectivity index (χ0v) is 14.2. The van der Waals surface area contributed by atoms with Gasteiger partial charge in [0.05, 0.1) is 10.6 Å². The van der Waals surface area contributed by atoms with Gasteiger partial charge in [0.15, 0.2) is 12.4 Å². The Morgan fingerprint density at radius 1 is 1.22 bits per heavy atom. The van der Waals surface area contributed by atoms with Crippen molar-refractivity contribution < 1.29 is 14.5 Å². The van der Waals surface area contributed by atoms with Crippen LogP contribution in [0.4, 0.5) is 11.4 Å². The molecular weight excluding hydrogens is 364 g/mol. The number of carbonyl (C=O) groups is 1. The number of halogens is 1. The number of ether oxygens (including phenoxy) is 1. The number of anilines is 1. The predicted molar refractivity (Wildman–Crippen MR) is 90.8 cm³/mol. The molecule has 7 heteroatoms. The first kappa shape index (κ1) is 17.0. The second kappa shape index (κ2) is 7.23. The summed E-state index contributed by atoms with van der Waals surface area (Å²) in [4.78, 5) is 22.4. The maximum atomic E-state index is 12.0. The normalized spacial score (nSPS) is 10.2. The van der Waals surface area contributed by atoms with Crippen molar-refractivity contribution in [1.29, 1.82) is 0 Å². The summed E-state index contributed by atoms with van der Waals surface area (Å²) in [6.07, 6.45) is 0. The molecule has 0 bridgehead atoms. The van der Waals surface area contributed by atoms with E-state index >= 15 is 0 Å². The van der Waals surface area contributed by atoms with Crippen molar-refractivity contribution in [2.75, 3.05) is 11.9 Å². The fourth-order valence-electron chi connectivity index (χ4n) is 1.94. The van der Waals surface area contributed by atoms with E-state index in [1.54, 1.807) is 19.1 Å². The molecule has 0 saturated carbocycles. The molecule has 2 rings (SSSR count). The van der Waals surface area contributed by atoms with E-state index in [1.807, 2.05) is 19.1 Å². The van der Waals surface area contributed by atoms with Gasteiger partial charge in [-0.1, -0.05) is 12.1 Å². The van der Waals surface area contributed by atoms with Crippen molar-refractivity contribution in [3.63, 3.8) is 0 Å². The topological polar surface area (TPSA) is 81.5 Å². The van der Waals surface area contributed by atoms with E-state index in [2.05, 4.69) is 21.2 Å². The molecule has 1 amide bonds. The third-order valence-electron chi connectivity index (χ3n) is 3.07. The third-order valence-corrected chi connectivity index (χ3v) is 3.73. The Bertz CT molecular complexity index is 762. The zero-order valence-electron chi connectivity index (χ0n) is 12.6. The quantitative estimate of drug-likeness (QED) is 0.629. The Hall–Kier alpha value is -2.41. The second-order valence-corrected chi connectivity index (χ2v) is 5.90. The first-order valence-corrected chi connectivity index (χ1v) is 7.60. The van der Waals surface area contributed by atoms with Crippen molar-refractivity contribution >= 4 is 33.2 Å². The van der Waals surface area contributed by atoms with Crippen LogP contribution in [0.5, 0.6) is 5.75 Å². The van der Waals surface area contributed by atoms with Crippen molar-refractivity contribution in [3.05, 3.63) is 62.1 Å². The fraction of sp³-hybridized carbons (Fsp3) is 0.188. The van der Waals surface area contributed by atoms with Crippen LogP contribution in [0.3, 0.4) is 0 Å². The Labute approximate surface area is 141 Å².